The summed E-state index contributed by atoms with van der Waals surface area (Å²) in [6, 6.07) is 13.9. The van der Waals surface area contributed by atoms with Gasteiger partial charge in [0.1, 0.15) is 0 Å². The van der Waals surface area contributed by atoms with Gasteiger partial charge in [0.15, 0.2) is 0 Å². The first kappa shape index (κ1) is 14.8. The Morgan fingerprint density at radius 2 is 1.91 bits per heavy atom. The van der Waals surface area contributed by atoms with E-state index in [1.807, 2.05) is 44.3 Å². The van der Waals surface area contributed by atoms with Crippen molar-refractivity contribution in [3.63, 3.8) is 0 Å². The molecule has 1 atom stereocenters. The van der Waals surface area contributed by atoms with Crippen molar-refractivity contribution >= 4 is 5.91 Å². The lowest BCUT2D eigenvalue weighted by Crippen LogP contribution is -2.30. The van der Waals surface area contributed by atoms with Crippen LogP contribution in [0, 0.1) is 0 Å². The maximum absolute atomic E-state index is 12.6. The van der Waals surface area contributed by atoms with Crippen LogP contribution in [0.15, 0.2) is 48.7 Å². The molecule has 114 valence electrons. The first-order valence-electron chi connectivity index (χ1n) is 7.95. The van der Waals surface area contributed by atoms with Gasteiger partial charge >= 0.3 is 0 Å². The Hall–Kier alpha value is -2.16. The van der Waals surface area contributed by atoms with Gasteiger partial charge in [-0.25, -0.2) is 0 Å². The van der Waals surface area contributed by atoms with Gasteiger partial charge in [-0.3, -0.25) is 9.78 Å². The molecule has 22 heavy (non-hydrogen) atoms. The molecular weight excluding hydrogens is 272 g/mol. The zero-order valence-corrected chi connectivity index (χ0v) is 13.2. The number of amides is 1. The van der Waals surface area contributed by atoms with E-state index in [1.54, 1.807) is 11.1 Å². The molecule has 0 bridgehead atoms. The summed E-state index contributed by atoms with van der Waals surface area (Å²) in [5.41, 5.74) is 3.01. The predicted molar refractivity (Wildman–Crippen MR) is 87.8 cm³/mol. The maximum Gasteiger partial charge on any atom is 0.254 e. The molecule has 1 heterocycles. The fourth-order valence-corrected chi connectivity index (χ4v) is 2.84. The number of carbonyl (C=O) groups is 1. The SMILES string of the molecule is CC(c1ccccn1)N(C)C(=O)c1ccc(C2CCC2)cc1. The van der Waals surface area contributed by atoms with Gasteiger partial charge in [0.25, 0.3) is 5.91 Å². The zero-order chi connectivity index (χ0) is 15.5. The van der Waals surface area contributed by atoms with E-state index in [2.05, 4.69) is 17.1 Å². The summed E-state index contributed by atoms with van der Waals surface area (Å²) in [4.78, 5) is 18.7. The summed E-state index contributed by atoms with van der Waals surface area (Å²) in [5, 5.41) is 0. The lowest BCUT2D eigenvalue weighted by atomic mass is 9.80. The molecule has 1 fully saturated rings. The predicted octanol–water partition coefficient (Wildman–Crippen LogP) is 4.18. The fourth-order valence-electron chi connectivity index (χ4n) is 2.84. The summed E-state index contributed by atoms with van der Waals surface area (Å²) in [6.45, 7) is 2.00. The van der Waals surface area contributed by atoms with Crippen molar-refractivity contribution in [1.29, 1.82) is 0 Å². The number of benzene rings is 1. The molecule has 2 aromatic rings. The van der Waals surface area contributed by atoms with Crippen molar-refractivity contribution in [3.8, 4) is 0 Å². The average Bonchev–Trinajstić information content (AvgIpc) is 2.53. The van der Waals surface area contributed by atoms with E-state index in [0.717, 1.165) is 11.3 Å². The number of hydrogen-bond donors (Lipinski definition) is 0. The van der Waals surface area contributed by atoms with Crippen molar-refractivity contribution in [2.24, 2.45) is 0 Å². The highest BCUT2D eigenvalue weighted by Gasteiger charge is 2.22. The van der Waals surface area contributed by atoms with Gasteiger partial charge in [-0.05, 0) is 55.5 Å². The van der Waals surface area contributed by atoms with E-state index < -0.39 is 0 Å². The van der Waals surface area contributed by atoms with Gasteiger partial charge in [0.2, 0.25) is 0 Å². The number of rotatable bonds is 4. The molecule has 1 aromatic heterocycles. The van der Waals surface area contributed by atoms with Crippen LogP contribution in [0.25, 0.3) is 0 Å². The van der Waals surface area contributed by atoms with Crippen LogP contribution in [0.5, 0.6) is 0 Å². The lowest BCUT2D eigenvalue weighted by Gasteiger charge is -2.27. The molecule has 0 N–H and O–H groups in total. The largest absolute Gasteiger partial charge is 0.333 e. The van der Waals surface area contributed by atoms with Gasteiger partial charge < -0.3 is 4.90 Å². The van der Waals surface area contributed by atoms with Crippen LogP contribution in [0.2, 0.25) is 0 Å². The molecule has 3 nitrogen and oxygen atoms in total. The second-order valence-corrected chi connectivity index (χ2v) is 6.10. The minimum absolute atomic E-state index is 0.0401. The standard InChI is InChI=1S/C19H22N2O/c1-14(18-8-3-4-13-20-18)21(2)19(22)17-11-9-16(10-12-17)15-6-5-7-15/h3-4,8-15H,5-7H2,1-2H3. The van der Waals surface area contributed by atoms with E-state index in [1.165, 1.54) is 24.8 Å². The van der Waals surface area contributed by atoms with Crippen molar-refractivity contribution in [2.45, 2.75) is 38.1 Å². The second-order valence-electron chi connectivity index (χ2n) is 6.10. The minimum atomic E-state index is -0.0417. The average molecular weight is 294 g/mol. The van der Waals surface area contributed by atoms with Gasteiger partial charge in [-0.2, -0.15) is 0 Å². The third kappa shape index (κ3) is 2.89. The Morgan fingerprint density at radius 1 is 1.18 bits per heavy atom. The Morgan fingerprint density at radius 3 is 2.45 bits per heavy atom. The Bertz CT molecular complexity index is 632. The van der Waals surface area contributed by atoms with Crippen molar-refractivity contribution in [3.05, 3.63) is 65.5 Å². The fraction of sp³-hybridized carbons (Fsp3) is 0.368. The van der Waals surface area contributed by atoms with E-state index in [-0.39, 0.29) is 11.9 Å². The molecule has 1 aliphatic rings. The molecule has 1 aliphatic carbocycles. The molecule has 0 radical (unpaired) electrons. The number of nitrogens with zero attached hydrogens (tertiary/aromatic N) is 2. The van der Waals surface area contributed by atoms with Gasteiger partial charge in [-0.1, -0.05) is 24.6 Å². The Labute approximate surface area is 132 Å². The minimum Gasteiger partial charge on any atom is -0.333 e. The number of carbonyl (C=O) groups excluding carboxylic acids is 1. The Kier molecular flexibility index (Phi) is 4.23. The normalized spacial score (nSPS) is 15.9. The molecule has 1 aromatic carbocycles. The van der Waals surface area contributed by atoms with Crippen LogP contribution >= 0.6 is 0 Å². The monoisotopic (exact) mass is 294 g/mol. The van der Waals surface area contributed by atoms with Crippen LogP contribution < -0.4 is 0 Å². The topological polar surface area (TPSA) is 33.2 Å². The van der Waals surface area contributed by atoms with E-state index in [4.69, 9.17) is 0 Å². The Balaban J connectivity index is 1.72. The summed E-state index contributed by atoms with van der Waals surface area (Å²) in [7, 11) is 1.83. The highest BCUT2D eigenvalue weighted by Crippen LogP contribution is 2.36. The van der Waals surface area contributed by atoms with Crippen LogP contribution in [-0.4, -0.2) is 22.8 Å². The molecular formula is C19H22N2O. The van der Waals surface area contributed by atoms with Crippen LogP contribution in [0.4, 0.5) is 0 Å². The van der Waals surface area contributed by atoms with E-state index in [0.29, 0.717) is 5.92 Å². The highest BCUT2D eigenvalue weighted by molar-refractivity contribution is 5.94. The van der Waals surface area contributed by atoms with Gasteiger partial charge in [-0.15, -0.1) is 0 Å². The molecule has 0 saturated heterocycles. The zero-order valence-electron chi connectivity index (χ0n) is 13.2. The van der Waals surface area contributed by atoms with Crippen molar-refractivity contribution < 1.29 is 4.79 Å². The van der Waals surface area contributed by atoms with Crippen LogP contribution in [0.3, 0.4) is 0 Å². The lowest BCUT2D eigenvalue weighted by molar-refractivity contribution is 0.0740. The summed E-state index contributed by atoms with van der Waals surface area (Å²) in [5.74, 6) is 0.743. The molecule has 3 heteroatoms. The maximum atomic E-state index is 12.6. The van der Waals surface area contributed by atoms with Crippen LogP contribution in [-0.2, 0) is 0 Å². The summed E-state index contributed by atoms with van der Waals surface area (Å²) < 4.78 is 0. The van der Waals surface area contributed by atoms with E-state index >= 15 is 0 Å². The molecule has 0 spiro atoms. The molecule has 0 aliphatic heterocycles. The number of pyridine rings is 1. The molecule has 1 unspecified atom stereocenters. The molecule has 1 amide bonds. The first-order valence-corrected chi connectivity index (χ1v) is 7.95. The first-order chi connectivity index (χ1) is 10.7. The smallest absolute Gasteiger partial charge is 0.254 e. The number of hydrogen-bond acceptors (Lipinski definition) is 2. The molecule has 3 rings (SSSR count). The van der Waals surface area contributed by atoms with Crippen molar-refractivity contribution in [2.75, 3.05) is 7.05 Å². The highest BCUT2D eigenvalue weighted by atomic mass is 16.2. The third-order valence-corrected chi connectivity index (χ3v) is 4.75. The second kappa shape index (κ2) is 6.30. The summed E-state index contributed by atoms with van der Waals surface area (Å²) in [6.07, 6.45) is 5.65. The van der Waals surface area contributed by atoms with Crippen molar-refractivity contribution in [1.82, 2.24) is 9.88 Å². The third-order valence-electron chi connectivity index (χ3n) is 4.75. The summed E-state index contributed by atoms with van der Waals surface area (Å²) >= 11 is 0. The quantitative estimate of drug-likeness (QED) is 0.847. The number of aromatic nitrogens is 1. The van der Waals surface area contributed by atoms with Gasteiger partial charge in [0, 0.05) is 18.8 Å². The van der Waals surface area contributed by atoms with Gasteiger partial charge in [0.05, 0.1) is 11.7 Å². The van der Waals surface area contributed by atoms with E-state index in [9.17, 15) is 4.79 Å². The van der Waals surface area contributed by atoms with Crippen LogP contribution in [0.1, 0.15) is 59.8 Å². The molecule has 1 saturated carbocycles.